The number of hydrogen-bond donors (Lipinski definition) is 1. The molecule has 0 aliphatic heterocycles. The normalized spacial score (nSPS) is 13.3. The zero-order valence-electron chi connectivity index (χ0n) is 7.49. The molecule has 0 amide bonds. The summed E-state index contributed by atoms with van der Waals surface area (Å²) < 4.78 is 37.2. The first-order valence-electron chi connectivity index (χ1n) is 4.04. The van der Waals surface area contributed by atoms with Gasteiger partial charge in [0, 0.05) is 11.8 Å². The quantitative estimate of drug-likeness (QED) is 0.822. The van der Waals surface area contributed by atoms with Gasteiger partial charge in [0.05, 0.1) is 18.6 Å². The van der Waals surface area contributed by atoms with Gasteiger partial charge in [0.25, 0.3) is 0 Å². The van der Waals surface area contributed by atoms with Crippen molar-refractivity contribution in [3.8, 4) is 6.07 Å². The lowest BCUT2D eigenvalue weighted by molar-refractivity contribution is -0.142. The van der Waals surface area contributed by atoms with Crippen LogP contribution in [0, 0.1) is 11.3 Å². The highest BCUT2D eigenvalue weighted by atomic mass is 19.4. The molecular weight excluding hydrogens is 209 g/mol. The number of pyridine rings is 1. The molecular formula is C9H7F3N2O. The highest BCUT2D eigenvalue weighted by molar-refractivity contribution is 5.25. The summed E-state index contributed by atoms with van der Waals surface area (Å²) in [4.78, 5) is 3.16. The molecule has 1 rings (SSSR count). The van der Waals surface area contributed by atoms with Crippen LogP contribution < -0.4 is 0 Å². The Bertz CT molecular complexity index is 384. The highest BCUT2D eigenvalue weighted by Crippen LogP contribution is 2.33. The molecule has 1 unspecified atom stereocenters. The van der Waals surface area contributed by atoms with Crippen LogP contribution in [-0.2, 0) is 6.18 Å². The maximum atomic E-state index is 12.4. The van der Waals surface area contributed by atoms with Crippen LogP contribution >= 0.6 is 0 Å². The highest BCUT2D eigenvalue weighted by Gasteiger charge is 2.36. The molecule has 0 fully saturated rings. The minimum absolute atomic E-state index is 0.369. The standard InChI is InChI=1S/C9H7F3N2O/c10-9(11,12)8-6(2-1-5-14-8)7(15)3-4-13/h1-2,5,7,15H,3H2. The first kappa shape index (κ1) is 11.5. The summed E-state index contributed by atoms with van der Waals surface area (Å²) in [6.07, 6.45) is -5.48. The third-order valence-electron chi connectivity index (χ3n) is 1.75. The summed E-state index contributed by atoms with van der Waals surface area (Å²) in [6.45, 7) is 0. The molecule has 0 saturated carbocycles. The predicted molar refractivity (Wildman–Crippen MR) is 44.4 cm³/mol. The summed E-state index contributed by atoms with van der Waals surface area (Å²) in [7, 11) is 0. The van der Waals surface area contributed by atoms with E-state index in [1.54, 1.807) is 6.07 Å². The van der Waals surface area contributed by atoms with E-state index in [9.17, 15) is 18.3 Å². The minimum atomic E-state index is -4.62. The molecule has 0 aliphatic rings. The Labute approximate surface area is 83.8 Å². The van der Waals surface area contributed by atoms with Gasteiger partial charge in [-0.2, -0.15) is 18.4 Å². The van der Waals surface area contributed by atoms with Crippen LogP contribution in [0.25, 0.3) is 0 Å². The Hall–Kier alpha value is -1.61. The third-order valence-corrected chi connectivity index (χ3v) is 1.75. The van der Waals surface area contributed by atoms with Gasteiger partial charge in [-0.15, -0.1) is 0 Å². The maximum Gasteiger partial charge on any atom is 0.433 e. The van der Waals surface area contributed by atoms with Crippen molar-refractivity contribution in [1.29, 1.82) is 5.26 Å². The molecule has 0 bridgehead atoms. The molecule has 1 atom stereocenters. The van der Waals surface area contributed by atoms with Gasteiger partial charge in [-0.05, 0) is 6.07 Å². The van der Waals surface area contributed by atoms with Crippen LogP contribution in [0.1, 0.15) is 23.8 Å². The molecule has 6 heteroatoms. The Morgan fingerprint density at radius 1 is 1.53 bits per heavy atom. The molecule has 0 radical (unpaired) electrons. The summed E-state index contributed by atoms with van der Waals surface area (Å²) >= 11 is 0. The second-order valence-corrected chi connectivity index (χ2v) is 2.82. The monoisotopic (exact) mass is 216 g/mol. The van der Waals surface area contributed by atoms with Crippen LogP contribution in [-0.4, -0.2) is 10.1 Å². The van der Waals surface area contributed by atoms with Gasteiger partial charge in [0.1, 0.15) is 5.69 Å². The number of rotatable bonds is 2. The first-order valence-corrected chi connectivity index (χ1v) is 4.04. The average Bonchev–Trinajstić information content (AvgIpc) is 2.17. The molecule has 80 valence electrons. The lowest BCUT2D eigenvalue weighted by Gasteiger charge is -2.13. The van der Waals surface area contributed by atoms with E-state index < -0.39 is 24.4 Å². The van der Waals surface area contributed by atoms with Gasteiger partial charge in [-0.25, -0.2) is 0 Å². The fourth-order valence-corrected chi connectivity index (χ4v) is 1.12. The number of nitriles is 1. The Kier molecular flexibility index (Phi) is 3.27. The van der Waals surface area contributed by atoms with Gasteiger partial charge in [0.2, 0.25) is 0 Å². The zero-order chi connectivity index (χ0) is 11.5. The summed E-state index contributed by atoms with van der Waals surface area (Å²) in [5, 5.41) is 17.6. The van der Waals surface area contributed by atoms with E-state index in [0.29, 0.717) is 0 Å². The van der Waals surface area contributed by atoms with E-state index in [1.807, 2.05) is 0 Å². The molecule has 15 heavy (non-hydrogen) atoms. The number of aliphatic hydroxyl groups is 1. The maximum absolute atomic E-state index is 12.4. The van der Waals surface area contributed by atoms with Crippen molar-refractivity contribution in [2.75, 3.05) is 0 Å². The van der Waals surface area contributed by atoms with Crippen molar-refractivity contribution in [2.45, 2.75) is 18.7 Å². The molecule has 0 aromatic carbocycles. The van der Waals surface area contributed by atoms with E-state index in [4.69, 9.17) is 5.26 Å². The van der Waals surface area contributed by atoms with Gasteiger partial charge >= 0.3 is 6.18 Å². The van der Waals surface area contributed by atoms with Crippen molar-refractivity contribution in [1.82, 2.24) is 4.98 Å². The van der Waals surface area contributed by atoms with Crippen LogP contribution in [0.2, 0.25) is 0 Å². The van der Waals surface area contributed by atoms with E-state index >= 15 is 0 Å². The minimum Gasteiger partial charge on any atom is -0.387 e. The fourth-order valence-electron chi connectivity index (χ4n) is 1.12. The molecule has 1 aromatic rings. The Morgan fingerprint density at radius 2 is 2.20 bits per heavy atom. The summed E-state index contributed by atoms with van der Waals surface area (Å²) in [5.41, 5.74) is -1.51. The van der Waals surface area contributed by atoms with Crippen molar-refractivity contribution < 1.29 is 18.3 Å². The number of aromatic nitrogens is 1. The molecule has 0 saturated heterocycles. The van der Waals surface area contributed by atoms with E-state index in [1.165, 1.54) is 6.07 Å². The predicted octanol–water partition coefficient (Wildman–Crippen LogP) is 2.05. The second-order valence-electron chi connectivity index (χ2n) is 2.82. The zero-order valence-corrected chi connectivity index (χ0v) is 7.49. The fraction of sp³-hybridized carbons (Fsp3) is 0.333. The molecule has 0 spiro atoms. The molecule has 1 N–H and O–H groups in total. The molecule has 1 heterocycles. The van der Waals surface area contributed by atoms with Gasteiger partial charge in [-0.1, -0.05) is 6.07 Å². The summed E-state index contributed by atoms with van der Waals surface area (Å²) in [6, 6.07) is 3.99. The Balaban J connectivity index is 3.13. The summed E-state index contributed by atoms with van der Waals surface area (Å²) in [5.74, 6) is 0. The van der Waals surface area contributed by atoms with Gasteiger partial charge in [0.15, 0.2) is 0 Å². The molecule has 0 aliphatic carbocycles. The number of aliphatic hydroxyl groups excluding tert-OH is 1. The van der Waals surface area contributed by atoms with Crippen molar-refractivity contribution >= 4 is 0 Å². The van der Waals surface area contributed by atoms with Gasteiger partial charge in [-0.3, -0.25) is 4.98 Å². The smallest absolute Gasteiger partial charge is 0.387 e. The van der Waals surface area contributed by atoms with Crippen LogP contribution in [0.5, 0.6) is 0 Å². The number of hydrogen-bond acceptors (Lipinski definition) is 3. The van der Waals surface area contributed by atoms with E-state index in [-0.39, 0.29) is 5.56 Å². The number of alkyl halides is 3. The first-order chi connectivity index (χ1) is 6.96. The number of nitrogens with zero attached hydrogens (tertiary/aromatic N) is 2. The third kappa shape index (κ3) is 2.67. The SMILES string of the molecule is N#CCC(O)c1cccnc1C(F)(F)F. The van der Waals surface area contributed by atoms with Crippen LogP contribution in [0.15, 0.2) is 18.3 Å². The number of halogens is 3. The second kappa shape index (κ2) is 4.28. The van der Waals surface area contributed by atoms with E-state index in [2.05, 4.69) is 4.98 Å². The Morgan fingerprint density at radius 3 is 2.73 bits per heavy atom. The van der Waals surface area contributed by atoms with Crippen LogP contribution in [0.4, 0.5) is 13.2 Å². The van der Waals surface area contributed by atoms with Gasteiger partial charge < -0.3 is 5.11 Å². The van der Waals surface area contributed by atoms with Crippen LogP contribution in [0.3, 0.4) is 0 Å². The molecule has 3 nitrogen and oxygen atoms in total. The lowest BCUT2D eigenvalue weighted by Crippen LogP contribution is -2.14. The van der Waals surface area contributed by atoms with Crippen molar-refractivity contribution in [2.24, 2.45) is 0 Å². The largest absolute Gasteiger partial charge is 0.433 e. The lowest BCUT2D eigenvalue weighted by atomic mass is 10.1. The topological polar surface area (TPSA) is 56.9 Å². The van der Waals surface area contributed by atoms with E-state index in [0.717, 1.165) is 12.3 Å². The average molecular weight is 216 g/mol. The van der Waals surface area contributed by atoms with Crippen molar-refractivity contribution in [3.05, 3.63) is 29.6 Å². The van der Waals surface area contributed by atoms with Crippen molar-refractivity contribution in [3.63, 3.8) is 0 Å². The molecule has 1 aromatic heterocycles.